The van der Waals surface area contributed by atoms with E-state index < -0.39 is 0 Å². The zero-order valence-electron chi connectivity index (χ0n) is 10.1. The lowest BCUT2D eigenvalue weighted by Gasteiger charge is -2.14. The lowest BCUT2D eigenvalue weighted by Crippen LogP contribution is -2.30. The van der Waals surface area contributed by atoms with Crippen LogP contribution in [-0.4, -0.2) is 24.2 Å². The number of carbonyl (C=O) groups excluding carboxylic acids is 1. The molecular formula is C13H17BrN2O2. The first-order valence-electron chi connectivity index (χ1n) is 6.00. The van der Waals surface area contributed by atoms with Crippen LogP contribution in [0.4, 0.5) is 5.69 Å². The van der Waals surface area contributed by atoms with Gasteiger partial charge in [0.15, 0.2) is 0 Å². The number of aliphatic hydroxyl groups is 1. The van der Waals surface area contributed by atoms with Gasteiger partial charge in [0.25, 0.3) is 5.91 Å². The molecule has 0 unspecified atom stereocenters. The molecular weight excluding hydrogens is 296 g/mol. The highest BCUT2D eigenvalue weighted by Crippen LogP contribution is 2.47. The SMILES string of the molecule is Nc1cc(Br)cc(C(=O)NCC2(CCO)CC2)c1. The Morgan fingerprint density at radius 3 is 2.72 bits per heavy atom. The summed E-state index contributed by atoms with van der Waals surface area (Å²) in [5.74, 6) is -0.118. The third-order valence-electron chi connectivity index (χ3n) is 3.41. The third-order valence-corrected chi connectivity index (χ3v) is 3.86. The van der Waals surface area contributed by atoms with E-state index in [1.807, 2.05) is 0 Å². The highest BCUT2D eigenvalue weighted by atomic mass is 79.9. The summed E-state index contributed by atoms with van der Waals surface area (Å²) in [7, 11) is 0. The van der Waals surface area contributed by atoms with Gasteiger partial charge in [0.2, 0.25) is 0 Å². The minimum atomic E-state index is -0.118. The van der Waals surface area contributed by atoms with Crippen molar-refractivity contribution in [2.75, 3.05) is 18.9 Å². The Morgan fingerprint density at radius 1 is 1.44 bits per heavy atom. The number of hydrogen-bond donors (Lipinski definition) is 3. The topological polar surface area (TPSA) is 75.4 Å². The Hall–Kier alpha value is -1.07. The predicted molar refractivity (Wildman–Crippen MR) is 74.3 cm³/mol. The fourth-order valence-corrected chi connectivity index (χ4v) is 2.55. The van der Waals surface area contributed by atoms with Crippen LogP contribution >= 0.6 is 15.9 Å². The molecule has 5 heteroatoms. The molecule has 0 bridgehead atoms. The number of aliphatic hydroxyl groups excluding tert-OH is 1. The fraction of sp³-hybridized carbons (Fsp3) is 0.462. The van der Waals surface area contributed by atoms with Gasteiger partial charge in [0, 0.05) is 28.9 Å². The van der Waals surface area contributed by atoms with Gasteiger partial charge in [0.05, 0.1) is 0 Å². The van der Waals surface area contributed by atoms with E-state index in [2.05, 4.69) is 21.2 Å². The van der Waals surface area contributed by atoms with Crippen molar-refractivity contribution in [2.45, 2.75) is 19.3 Å². The Kier molecular flexibility index (Phi) is 3.92. The second kappa shape index (κ2) is 5.28. The monoisotopic (exact) mass is 312 g/mol. The van der Waals surface area contributed by atoms with E-state index in [4.69, 9.17) is 10.8 Å². The van der Waals surface area contributed by atoms with Crippen molar-refractivity contribution < 1.29 is 9.90 Å². The molecule has 0 radical (unpaired) electrons. The molecule has 1 aromatic rings. The number of hydrogen-bond acceptors (Lipinski definition) is 3. The van der Waals surface area contributed by atoms with Gasteiger partial charge in [0.1, 0.15) is 0 Å². The molecule has 1 amide bonds. The van der Waals surface area contributed by atoms with E-state index in [1.165, 1.54) is 0 Å². The highest BCUT2D eigenvalue weighted by molar-refractivity contribution is 9.10. The van der Waals surface area contributed by atoms with Crippen molar-refractivity contribution in [2.24, 2.45) is 5.41 Å². The minimum absolute atomic E-state index is 0.118. The van der Waals surface area contributed by atoms with Gasteiger partial charge in [-0.1, -0.05) is 15.9 Å². The molecule has 0 spiro atoms. The Bertz CT molecular complexity index is 438. The number of nitrogen functional groups attached to an aromatic ring is 1. The highest BCUT2D eigenvalue weighted by Gasteiger charge is 2.41. The lowest BCUT2D eigenvalue weighted by molar-refractivity contribution is 0.0941. The number of anilines is 1. The number of nitrogens with one attached hydrogen (secondary N) is 1. The van der Waals surface area contributed by atoms with Gasteiger partial charge < -0.3 is 16.2 Å². The average Bonchev–Trinajstić information content (AvgIpc) is 3.06. The molecule has 4 N–H and O–H groups in total. The van der Waals surface area contributed by atoms with E-state index in [-0.39, 0.29) is 17.9 Å². The van der Waals surface area contributed by atoms with Crippen molar-refractivity contribution >= 4 is 27.5 Å². The molecule has 0 atom stereocenters. The number of benzene rings is 1. The number of rotatable bonds is 5. The van der Waals surface area contributed by atoms with Crippen LogP contribution in [0.1, 0.15) is 29.6 Å². The first-order chi connectivity index (χ1) is 8.54. The number of halogens is 1. The van der Waals surface area contributed by atoms with Crippen molar-refractivity contribution in [1.82, 2.24) is 5.32 Å². The zero-order valence-corrected chi connectivity index (χ0v) is 11.7. The van der Waals surface area contributed by atoms with Crippen molar-refractivity contribution in [3.05, 3.63) is 28.2 Å². The molecule has 0 heterocycles. The van der Waals surface area contributed by atoms with Gasteiger partial charge in [-0.2, -0.15) is 0 Å². The smallest absolute Gasteiger partial charge is 0.251 e. The first kappa shape index (κ1) is 13.4. The van der Waals surface area contributed by atoms with E-state index in [9.17, 15) is 4.79 Å². The zero-order chi connectivity index (χ0) is 13.2. The van der Waals surface area contributed by atoms with Crippen LogP contribution in [0.3, 0.4) is 0 Å². The van der Waals surface area contributed by atoms with Crippen LogP contribution in [0.15, 0.2) is 22.7 Å². The third kappa shape index (κ3) is 3.23. The Morgan fingerprint density at radius 2 is 2.17 bits per heavy atom. The quantitative estimate of drug-likeness (QED) is 0.727. The van der Waals surface area contributed by atoms with Crippen LogP contribution in [0.5, 0.6) is 0 Å². The molecule has 1 aliphatic carbocycles. The summed E-state index contributed by atoms with van der Waals surface area (Å²) >= 11 is 3.32. The average molecular weight is 313 g/mol. The molecule has 1 aromatic carbocycles. The van der Waals surface area contributed by atoms with E-state index >= 15 is 0 Å². The summed E-state index contributed by atoms with van der Waals surface area (Å²) in [4.78, 5) is 12.0. The standard InChI is InChI=1S/C13H17BrN2O2/c14-10-5-9(6-11(15)7-10)12(18)16-8-13(1-2-13)3-4-17/h5-7,17H,1-4,8,15H2,(H,16,18). The predicted octanol–water partition coefficient (Wildman–Crippen LogP) is 1.92. The Balaban J connectivity index is 1.95. The van der Waals surface area contributed by atoms with E-state index in [0.29, 0.717) is 17.8 Å². The van der Waals surface area contributed by atoms with E-state index in [1.54, 1.807) is 18.2 Å². The maximum Gasteiger partial charge on any atom is 0.251 e. The van der Waals surface area contributed by atoms with Gasteiger partial charge in [-0.15, -0.1) is 0 Å². The van der Waals surface area contributed by atoms with E-state index in [0.717, 1.165) is 23.7 Å². The van der Waals surface area contributed by atoms with Crippen LogP contribution in [0, 0.1) is 5.41 Å². The summed E-state index contributed by atoms with van der Waals surface area (Å²) < 4.78 is 0.796. The largest absolute Gasteiger partial charge is 0.399 e. The number of nitrogens with two attached hydrogens (primary N) is 1. The van der Waals surface area contributed by atoms with Crippen molar-refractivity contribution in [3.8, 4) is 0 Å². The van der Waals surface area contributed by atoms with Crippen LogP contribution in [-0.2, 0) is 0 Å². The van der Waals surface area contributed by atoms with Gasteiger partial charge in [-0.3, -0.25) is 4.79 Å². The summed E-state index contributed by atoms with van der Waals surface area (Å²) in [6.07, 6.45) is 2.91. The van der Waals surface area contributed by atoms with Crippen LogP contribution in [0.2, 0.25) is 0 Å². The van der Waals surface area contributed by atoms with Gasteiger partial charge in [-0.05, 0) is 42.9 Å². The van der Waals surface area contributed by atoms with Crippen molar-refractivity contribution in [3.63, 3.8) is 0 Å². The second-order valence-electron chi connectivity index (χ2n) is 4.93. The fourth-order valence-electron chi connectivity index (χ4n) is 2.04. The molecule has 1 fully saturated rings. The molecule has 4 nitrogen and oxygen atoms in total. The summed E-state index contributed by atoms with van der Waals surface area (Å²) in [6.45, 7) is 0.804. The molecule has 0 saturated heterocycles. The summed E-state index contributed by atoms with van der Waals surface area (Å²) in [5, 5.41) is 11.9. The number of carbonyl (C=O) groups is 1. The second-order valence-corrected chi connectivity index (χ2v) is 5.85. The summed E-state index contributed by atoms with van der Waals surface area (Å²) in [5.41, 5.74) is 6.94. The first-order valence-corrected chi connectivity index (χ1v) is 6.79. The maximum atomic E-state index is 12.0. The minimum Gasteiger partial charge on any atom is -0.399 e. The summed E-state index contributed by atoms with van der Waals surface area (Å²) in [6, 6.07) is 5.16. The van der Waals surface area contributed by atoms with Crippen LogP contribution < -0.4 is 11.1 Å². The Labute approximate surface area is 115 Å². The maximum absolute atomic E-state index is 12.0. The molecule has 0 aromatic heterocycles. The van der Waals surface area contributed by atoms with Crippen molar-refractivity contribution in [1.29, 1.82) is 0 Å². The molecule has 0 aliphatic heterocycles. The van der Waals surface area contributed by atoms with Gasteiger partial charge in [-0.25, -0.2) is 0 Å². The molecule has 2 rings (SSSR count). The lowest BCUT2D eigenvalue weighted by atomic mass is 10.0. The molecule has 1 aliphatic rings. The molecule has 1 saturated carbocycles. The normalized spacial score (nSPS) is 16.3. The van der Waals surface area contributed by atoms with Crippen LogP contribution in [0.25, 0.3) is 0 Å². The molecule has 98 valence electrons. The van der Waals surface area contributed by atoms with Gasteiger partial charge >= 0.3 is 0 Å². The molecule has 18 heavy (non-hydrogen) atoms. The number of amides is 1.